The van der Waals surface area contributed by atoms with Crippen LogP contribution in [0.25, 0.3) is 0 Å². The van der Waals surface area contributed by atoms with Gasteiger partial charge in [-0.2, -0.15) is 0 Å². The number of hydrogen-bond donors (Lipinski definition) is 1. The zero-order chi connectivity index (χ0) is 14.9. The van der Waals surface area contributed by atoms with Crippen molar-refractivity contribution < 1.29 is 0 Å². The highest BCUT2D eigenvalue weighted by Crippen LogP contribution is 2.46. The minimum Gasteiger partial charge on any atom is -0.303 e. The second-order valence-electron chi connectivity index (χ2n) is 6.80. The monoisotopic (exact) mass is 294 g/mol. The van der Waals surface area contributed by atoms with Crippen molar-refractivity contribution in [1.29, 1.82) is 0 Å². The molecule has 1 aliphatic carbocycles. The Hall–Kier alpha value is -0.410. The van der Waals surface area contributed by atoms with Crippen LogP contribution in [-0.4, -0.2) is 11.0 Å². The Morgan fingerprint density at radius 1 is 1.40 bits per heavy atom. The van der Waals surface area contributed by atoms with Gasteiger partial charge < -0.3 is 5.32 Å². The van der Waals surface area contributed by atoms with E-state index in [1.807, 2.05) is 11.3 Å². The third-order valence-electron chi connectivity index (χ3n) is 5.02. The number of thiazole rings is 1. The predicted octanol–water partition coefficient (Wildman–Crippen LogP) is 4.66. The number of aromatic nitrogens is 1. The molecule has 0 aliphatic heterocycles. The summed E-state index contributed by atoms with van der Waals surface area (Å²) in [5.74, 6) is 1.41. The third-order valence-corrected chi connectivity index (χ3v) is 6.21. The lowest BCUT2D eigenvalue weighted by molar-refractivity contribution is 0.0942. The molecule has 0 amide bonds. The molecule has 1 N–H and O–H groups in total. The van der Waals surface area contributed by atoms with Crippen LogP contribution >= 0.6 is 11.3 Å². The quantitative estimate of drug-likeness (QED) is 0.873. The SMILES string of the molecule is CCc1nc(C2(NC(C)C)CCCC(C)C2C)sc1C. The highest BCUT2D eigenvalue weighted by molar-refractivity contribution is 7.11. The second-order valence-corrected chi connectivity index (χ2v) is 8.01. The number of hydrogen-bond acceptors (Lipinski definition) is 3. The molecule has 0 radical (unpaired) electrons. The Morgan fingerprint density at radius 3 is 2.65 bits per heavy atom. The Bertz CT molecular complexity index is 452. The van der Waals surface area contributed by atoms with Crippen LogP contribution in [0.4, 0.5) is 0 Å². The molecule has 3 unspecified atom stereocenters. The maximum atomic E-state index is 5.02. The number of nitrogens with zero attached hydrogens (tertiary/aromatic N) is 1. The van der Waals surface area contributed by atoms with E-state index in [0.29, 0.717) is 12.0 Å². The smallest absolute Gasteiger partial charge is 0.114 e. The zero-order valence-electron chi connectivity index (χ0n) is 13.9. The van der Waals surface area contributed by atoms with Gasteiger partial charge in [-0.25, -0.2) is 4.98 Å². The van der Waals surface area contributed by atoms with Gasteiger partial charge in [0.05, 0.1) is 11.2 Å². The molecule has 3 heteroatoms. The molecule has 1 heterocycles. The highest BCUT2D eigenvalue weighted by atomic mass is 32.1. The van der Waals surface area contributed by atoms with Gasteiger partial charge in [0.2, 0.25) is 0 Å². The van der Waals surface area contributed by atoms with Gasteiger partial charge in [0.1, 0.15) is 5.01 Å². The number of nitrogens with one attached hydrogen (secondary N) is 1. The molecular formula is C17H30N2S. The van der Waals surface area contributed by atoms with Gasteiger partial charge >= 0.3 is 0 Å². The first kappa shape index (κ1) is 16.0. The Kier molecular flexibility index (Phi) is 4.91. The van der Waals surface area contributed by atoms with Crippen molar-refractivity contribution in [3.05, 3.63) is 15.6 Å². The van der Waals surface area contributed by atoms with E-state index in [4.69, 9.17) is 4.98 Å². The summed E-state index contributed by atoms with van der Waals surface area (Å²) < 4.78 is 0. The molecule has 20 heavy (non-hydrogen) atoms. The molecule has 0 spiro atoms. The fourth-order valence-corrected chi connectivity index (χ4v) is 4.98. The van der Waals surface area contributed by atoms with Crippen LogP contribution in [0.1, 0.15) is 69.5 Å². The molecular weight excluding hydrogens is 264 g/mol. The lowest BCUT2D eigenvalue weighted by Crippen LogP contribution is -2.54. The van der Waals surface area contributed by atoms with Crippen molar-refractivity contribution in [1.82, 2.24) is 10.3 Å². The number of aryl methyl sites for hydroxylation is 2. The van der Waals surface area contributed by atoms with Crippen LogP contribution in [0.15, 0.2) is 0 Å². The molecule has 0 bridgehead atoms. The van der Waals surface area contributed by atoms with E-state index in [-0.39, 0.29) is 5.54 Å². The Labute approximate surface area is 128 Å². The van der Waals surface area contributed by atoms with Crippen LogP contribution in [0.3, 0.4) is 0 Å². The van der Waals surface area contributed by atoms with Gasteiger partial charge in [0, 0.05) is 10.9 Å². The fourth-order valence-electron chi connectivity index (χ4n) is 3.70. The summed E-state index contributed by atoms with van der Waals surface area (Å²) in [6, 6.07) is 0.497. The highest BCUT2D eigenvalue weighted by Gasteiger charge is 2.45. The lowest BCUT2D eigenvalue weighted by atomic mass is 9.68. The molecule has 1 aliphatic rings. The minimum atomic E-state index is 0.0919. The molecule has 3 atom stereocenters. The third kappa shape index (κ3) is 2.80. The fraction of sp³-hybridized carbons (Fsp3) is 0.824. The topological polar surface area (TPSA) is 24.9 Å². The molecule has 1 saturated carbocycles. The molecule has 1 aromatic heterocycles. The van der Waals surface area contributed by atoms with E-state index in [9.17, 15) is 0 Å². The van der Waals surface area contributed by atoms with Crippen LogP contribution in [0.5, 0.6) is 0 Å². The molecule has 1 fully saturated rings. The molecule has 114 valence electrons. The number of rotatable bonds is 4. The molecule has 0 saturated heterocycles. The summed E-state index contributed by atoms with van der Waals surface area (Å²) >= 11 is 1.92. The Morgan fingerprint density at radius 2 is 2.10 bits per heavy atom. The van der Waals surface area contributed by atoms with Gasteiger partial charge in [0.25, 0.3) is 0 Å². The van der Waals surface area contributed by atoms with Gasteiger partial charge in [-0.15, -0.1) is 11.3 Å². The van der Waals surface area contributed by atoms with Gasteiger partial charge in [-0.3, -0.25) is 0 Å². The van der Waals surface area contributed by atoms with E-state index < -0.39 is 0 Å². The Balaban J connectivity index is 2.44. The summed E-state index contributed by atoms with van der Waals surface area (Å²) in [5, 5.41) is 5.24. The molecule has 1 aromatic rings. The van der Waals surface area contributed by atoms with Gasteiger partial charge in [-0.05, 0) is 45.4 Å². The molecule has 2 rings (SSSR count). The zero-order valence-corrected chi connectivity index (χ0v) is 14.7. The van der Waals surface area contributed by atoms with Gasteiger partial charge in [-0.1, -0.05) is 33.6 Å². The lowest BCUT2D eigenvalue weighted by Gasteiger charge is -2.46. The van der Waals surface area contributed by atoms with Crippen molar-refractivity contribution >= 4 is 11.3 Å². The van der Waals surface area contributed by atoms with Crippen LogP contribution in [-0.2, 0) is 12.0 Å². The van der Waals surface area contributed by atoms with Gasteiger partial charge in [0.15, 0.2) is 0 Å². The normalized spacial score (nSPS) is 30.9. The van der Waals surface area contributed by atoms with E-state index in [2.05, 4.69) is 46.9 Å². The largest absolute Gasteiger partial charge is 0.303 e. The maximum Gasteiger partial charge on any atom is 0.114 e. The van der Waals surface area contributed by atoms with Crippen molar-refractivity contribution in [3.8, 4) is 0 Å². The van der Waals surface area contributed by atoms with E-state index in [1.54, 1.807) is 0 Å². The molecule has 0 aromatic carbocycles. The molecule has 2 nitrogen and oxygen atoms in total. The van der Waals surface area contributed by atoms with Crippen LogP contribution < -0.4 is 5.32 Å². The average Bonchev–Trinajstić information content (AvgIpc) is 2.76. The van der Waals surface area contributed by atoms with Crippen molar-refractivity contribution in [2.75, 3.05) is 0 Å². The van der Waals surface area contributed by atoms with E-state index >= 15 is 0 Å². The average molecular weight is 295 g/mol. The first-order chi connectivity index (χ1) is 9.40. The predicted molar refractivity (Wildman–Crippen MR) is 88.4 cm³/mol. The van der Waals surface area contributed by atoms with Crippen LogP contribution in [0.2, 0.25) is 0 Å². The van der Waals surface area contributed by atoms with Crippen molar-refractivity contribution in [2.45, 2.75) is 78.8 Å². The summed E-state index contributed by atoms with van der Waals surface area (Å²) in [6.45, 7) is 13.8. The maximum absolute atomic E-state index is 5.02. The summed E-state index contributed by atoms with van der Waals surface area (Å²) in [6.07, 6.45) is 4.94. The summed E-state index contributed by atoms with van der Waals surface area (Å²) in [4.78, 5) is 6.42. The van der Waals surface area contributed by atoms with Crippen molar-refractivity contribution in [2.24, 2.45) is 11.8 Å². The summed E-state index contributed by atoms with van der Waals surface area (Å²) in [7, 11) is 0. The van der Waals surface area contributed by atoms with E-state index in [0.717, 1.165) is 12.3 Å². The minimum absolute atomic E-state index is 0.0919. The van der Waals surface area contributed by atoms with Crippen molar-refractivity contribution in [3.63, 3.8) is 0 Å². The standard InChI is InChI=1S/C17H30N2S/c1-7-15-14(6)20-16(18-15)17(19-11(2)3)10-8-9-12(4)13(17)5/h11-13,19H,7-10H2,1-6H3. The van der Waals surface area contributed by atoms with Crippen LogP contribution in [0, 0.1) is 18.8 Å². The first-order valence-corrected chi connectivity index (χ1v) is 8.96. The summed E-state index contributed by atoms with van der Waals surface area (Å²) in [5.41, 5.74) is 1.38. The first-order valence-electron chi connectivity index (χ1n) is 8.15. The second kappa shape index (κ2) is 6.15. The van der Waals surface area contributed by atoms with E-state index in [1.165, 1.54) is 34.8 Å².